The lowest BCUT2D eigenvalue weighted by Crippen LogP contribution is -2.23. The summed E-state index contributed by atoms with van der Waals surface area (Å²) >= 11 is 0. The Morgan fingerprint density at radius 2 is 2.06 bits per heavy atom. The average molecular weight is 223 g/mol. The van der Waals surface area contributed by atoms with Crippen LogP contribution in [0, 0.1) is 0 Å². The van der Waals surface area contributed by atoms with Crippen LogP contribution in [-0.4, -0.2) is 23.7 Å². The number of rotatable bonds is 4. The predicted octanol–water partition coefficient (Wildman–Crippen LogP) is 0.948. The van der Waals surface area contributed by atoms with Gasteiger partial charge in [-0.25, -0.2) is 4.79 Å². The quantitative estimate of drug-likeness (QED) is 0.741. The number of carbonyl (C=O) groups is 2. The van der Waals surface area contributed by atoms with E-state index >= 15 is 0 Å². The maximum atomic E-state index is 11.5. The fourth-order valence-corrected chi connectivity index (χ4v) is 1.30. The Balaban J connectivity index is 3.09. The molecule has 3 N–H and O–H groups in total. The molecule has 0 aliphatic carbocycles. The standard InChI is InChI=1S/C11H13NO4/c1-2-16-11(15)8-6-4-3-5-7(8)9(12)10(13)14/h3-6,9H,2,12H2,1H3,(H,13,14)/t9-/m0/s1. The maximum Gasteiger partial charge on any atom is 0.338 e. The molecule has 0 spiro atoms. The van der Waals surface area contributed by atoms with Crippen molar-refractivity contribution < 1.29 is 19.4 Å². The van der Waals surface area contributed by atoms with E-state index in [1.54, 1.807) is 19.1 Å². The molecule has 16 heavy (non-hydrogen) atoms. The second kappa shape index (κ2) is 5.27. The average Bonchev–Trinajstić information content (AvgIpc) is 2.28. The summed E-state index contributed by atoms with van der Waals surface area (Å²) in [6.45, 7) is 1.91. The van der Waals surface area contributed by atoms with E-state index in [9.17, 15) is 9.59 Å². The highest BCUT2D eigenvalue weighted by Crippen LogP contribution is 2.17. The molecule has 0 aromatic heterocycles. The molecule has 0 fully saturated rings. The third kappa shape index (κ3) is 2.58. The molecule has 0 unspecified atom stereocenters. The Morgan fingerprint density at radius 3 is 2.62 bits per heavy atom. The van der Waals surface area contributed by atoms with Crippen molar-refractivity contribution >= 4 is 11.9 Å². The summed E-state index contributed by atoms with van der Waals surface area (Å²) in [6, 6.07) is 5.03. The topological polar surface area (TPSA) is 89.6 Å². The number of hydrogen-bond acceptors (Lipinski definition) is 4. The van der Waals surface area contributed by atoms with Crippen LogP contribution in [0.2, 0.25) is 0 Å². The predicted molar refractivity (Wildman–Crippen MR) is 57.0 cm³/mol. The summed E-state index contributed by atoms with van der Waals surface area (Å²) in [6.07, 6.45) is 0. The summed E-state index contributed by atoms with van der Waals surface area (Å²) in [5, 5.41) is 8.79. The highest BCUT2D eigenvalue weighted by Gasteiger charge is 2.21. The summed E-state index contributed by atoms with van der Waals surface area (Å²) < 4.78 is 4.81. The molecule has 0 heterocycles. The maximum absolute atomic E-state index is 11.5. The van der Waals surface area contributed by atoms with Crippen molar-refractivity contribution in [2.75, 3.05) is 6.61 Å². The van der Waals surface area contributed by atoms with E-state index in [2.05, 4.69) is 0 Å². The molecule has 1 aromatic rings. The van der Waals surface area contributed by atoms with Gasteiger partial charge in [-0.2, -0.15) is 0 Å². The van der Waals surface area contributed by atoms with Crippen molar-refractivity contribution in [2.24, 2.45) is 5.73 Å². The Hall–Kier alpha value is -1.88. The highest BCUT2D eigenvalue weighted by molar-refractivity contribution is 5.93. The lowest BCUT2D eigenvalue weighted by molar-refractivity contribution is -0.138. The summed E-state index contributed by atoms with van der Waals surface area (Å²) in [5.74, 6) is -1.74. The fraction of sp³-hybridized carbons (Fsp3) is 0.273. The van der Waals surface area contributed by atoms with Gasteiger partial charge < -0.3 is 15.6 Å². The Bertz CT molecular complexity index is 403. The van der Waals surface area contributed by atoms with E-state index < -0.39 is 18.0 Å². The van der Waals surface area contributed by atoms with Gasteiger partial charge >= 0.3 is 11.9 Å². The largest absolute Gasteiger partial charge is 0.480 e. The van der Waals surface area contributed by atoms with Gasteiger partial charge in [-0.3, -0.25) is 4.79 Å². The normalized spacial score (nSPS) is 11.9. The van der Waals surface area contributed by atoms with Gasteiger partial charge in [-0.15, -0.1) is 0 Å². The number of hydrogen-bond donors (Lipinski definition) is 2. The fourth-order valence-electron chi connectivity index (χ4n) is 1.30. The van der Waals surface area contributed by atoms with Crippen LogP contribution in [0.3, 0.4) is 0 Å². The Kier molecular flexibility index (Phi) is 4.02. The molecule has 86 valence electrons. The second-order valence-electron chi connectivity index (χ2n) is 3.12. The molecule has 0 radical (unpaired) electrons. The number of benzene rings is 1. The van der Waals surface area contributed by atoms with E-state index in [-0.39, 0.29) is 17.7 Å². The van der Waals surface area contributed by atoms with Gasteiger partial charge in [0.15, 0.2) is 0 Å². The van der Waals surface area contributed by atoms with Crippen LogP contribution < -0.4 is 5.73 Å². The lowest BCUT2D eigenvalue weighted by Gasteiger charge is -2.11. The van der Waals surface area contributed by atoms with Crippen LogP contribution in [0.1, 0.15) is 28.9 Å². The third-order valence-electron chi connectivity index (χ3n) is 2.06. The van der Waals surface area contributed by atoms with Gasteiger partial charge in [0.25, 0.3) is 0 Å². The Morgan fingerprint density at radius 1 is 1.44 bits per heavy atom. The zero-order valence-electron chi connectivity index (χ0n) is 8.84. The molecule has 0 saturated carbocycles. The number of carboxylic acids is 1. The van der Waals surface area contributed by atoms with E-state index in [1.807, 2.05) is 0 Å². The first-order valence-corrected chi connectivity index (χ1v) is 4.82. The monoisotopic (exact) mass is 223 g/mol. The van der Waals surface area contributed by atoms with Gasteiger partial charge in [0.1, 0.15) is 6.04 Å². The van der Waals surface area contributed by atoms with Crippen molar-refractivity contribution in [2.45, 2.75) is 13.0 Å². The van der Waals surface area contributed by atoms with Gasteiger partial charge in [-0.05, 0) is 18.6 Å². The van der Waals surface area contributed by atoms with E-state index in [0.29, 0.717) is 0 Å². The number of esters is 1. The van der Waals surface area contributed by atoms with E-state index in [4.69, 9.17) is 15.6 Å². The number of nitrogens with two attached hydrogens (primary N) is 1. The van der Waals surface area contributed by atoms with Crippen LogP contribution in [-0.2, 0) is 9.53 Å². The van der Waals surface area contributed by atoms with Crippen LogP contribution in [0.4, 0.5) is 0 Å². The molecule has 5 heteroatoms. The highest BCUT2D eigenvalue weighted by atomic mass is 16.5. The third-order valence-corrected chi connectivity index (χ3v) is 2.06. The number of ether oxygens (including phenoxy) is 1. The summed E-state index contributed by atoms with van der Waals surface area (Å²) in [5.41, 5.74) is 5.92. The first-order valence-electron chi connectivity index (χ1n) is 4.82. The van der Waals surface area contributed by atoms with Crippen molar-refractivity contribution in [3.63, 3.8) is 0 Å². The smallest absolute Gasteiger partial charge is 0.338 e. The minimum absolute atomic E-state index is 0.194. The van der Waals surface area contributed by atoms with Crippen molar-refractivity contribution in [3.05, 3.63) is 35.4 Å². The SMILES string of the molecule is CCOC(=O)c1ccccc1[C@H](N)C(=O)O. The summed E-state index contributed by atoms with van der Waals surface area (Å²) in [7, 11) is 0. The minimum atomic E-state index is -1.22. The van der Waals surface area contributed by atoms with Gasteiger partial charge in [0.05, 0.1) is 12.2 Å². The number of carbonyl (C=O) groups excluding carboxylic acids is 1. The number of carboxylic acid groups (broad SMARTS) is 1. The molecule has 0 amide bonds. The van der Waals surface area contributed by atoms with E-state index in [1.165, 1.54) is 12.1 Å². The molecule has 5 nitrogen and oxygen atoms in total. The number of aliphatic carboxylic acids is 1. The molecule has 1 atom stereocenters. The van der Waals surface area contributed by atoms with Crippen LogP contribution >= 0.6 is 0 Å². The Labute approximate surface area is 92.8 Å². The molecule has 1 rings (SSSR count). The second-order valence-corrected chi connectivity index (χ2v) is 3.12. The summed E-state index contributed by atoms with van der Waals surface area (Å²) in [4.78, 5) is 22.3. The zero-order valence-corrected chi connectivity index (χ0v) is 8.84. The van der Waals surface area contributed by atoms with Crippen LogP contribution in [0.25, 0.3) is 0 Å². The van der Waals surface area contributed by atoms with Gasteiger partial charge in [-0.1, -0.05) is 18.2 Å². The van der Waals surface area contributed by atoms with Gasteiger partial charge in [0, 0.05) is 0 Å². The van der Waals surface area contributed by atoms with Crippen molar-refractivity contribution in [1.82, 2.24) is 0 Å². The molecular weight excluding hydrogens is 210 g/mol. The molecular formula is C11H13NO4. The minimum Gasteiger partial charge on any atom is -0.480 e. The molecule has 1 aromatic carbocycles. The van der Waals surface area contributed by atoms with Crippen LogP contribution in [0.5, 0.6) is 0 Å². The van der Waals surface area contributed by atoms with Gasteiger partial charge in [0.2, 0.25) is 0 Å². The zero-order chi connectivity index (χ0) is 12.1. The first kappa shape index (κ1) is 12.2. The molecule has 0 aliphatic heterocycles. The van der Waals surface area contributed by atoms with Crippen molar-refractivity contribution in [1.29, 1.82) is 0 Å². The van der Waals surface area contributed by atoms with E-state index in [0.717, 1.165) is 0 Å². The van der Waals surface area contributed by atoms with Crippen molar-refractivity contribution in [3.8, 4) is 0 Å². The molecule has 0 saturated heterocycles. The van der Waals surface area contributed by atoms with Crippen LogP contribution in [0.15, 0.2) is 24.3 Å². The molecule has 0 bridgehead atoms. The first-order chi connectivity index (χ1) is 7.57. The lowest BCUT2D eigenvalue weighted by atomic mass is 10.0. The molecule has 0 aliphatic rings.